The molecule has 4 nitrogen and oxygen atoms in total. The van der Waals surface area contributed by atoms with Crippen molar-refractivity contribution in [2.24, 2.45) is 5.92 Å². The maximum atomic E-state index is 11.7. The first-order chi connectivity index (χ1) is 9.61. The van der Waals surface area contributed by atoms with Crippen molar-refractivity contribution in [3.63, 3.8) is 0 Å². The molecule has 0 saturated carbocycles. The maximum Gasteiger partial charge on any atom is 0.309 e. The van der Waals surface area contributed by atoms with Gasteiger partial charge in [-0.1, -0.05) is 23.7 Å². The van der Waals surface area contributed by atoms with Crippen molar-refractivity contribution in [2.45, 2.75) is 25.3 Å². The third-order valence-electron chi connectivity index (χ3n) is 3.65. The van der Waals surface area contributed by atoms with Crippen LogP contribution in [0.25, 0.3) is 0 Å². The van der Waals surface area contributed by atoms with E-state index < -0.39 is 5.56 Å². The number of piperidine rings is 1. The molecule has 1 aromatic rings. The monoisotopic (exact) mass is 297 g/mol. The van der Waals surface area contributed by atoms with Gasteiger partial charge < -0.3 is 14.7 Å². The Morgan fingerprint density at radius 2 is 2.00 bits per heavy atom. The lowest BCUT2D eigenvalue weighted by Gasteiger charge is -2.32. The number of aliphatic hydroxyl groups excluding tert-OH is 1. The summed E-state index contributed by atoms with van der Waals surface area (Å²) in [6.07, 6.45) is 1.64. The second-order valence-corrected chi connectivity index (χ2v) is 5.35. The van der Waals surface area contributed by atoms with Gasteiger partial charge in [0.1, 0.15) is 0 Å². The zero-order valence-electron chi connectivity index (χ0n) is 11.6. The highest BCUT2D eigenvalue weighted by Gasteiger charge is 2.26. The summed E-state index contributed by atoms with van der Waals surface area (Å²) in [4.78, 5) is 13.9. The number of ether oxygens (including phenoxy) is 1. The number of carbonyl (C=O) groups is 1. The lowest BCUT2D eigenvalue weighted by molar-refractivity contribution is -0.148. The van der Waals surface area contributed by atoms with E-state index >= 15 is 0 Å². The molecule has 0 bridgehead atoms. The first kappa shape index (κ1) is 15.1. The normalized spacial score (nSPS) is 17.9. The van der Waals surface area contributed by atoms with Gasteiger partial charge >= 0.3 is 5.97 Å². The minimum Gasteiger partial charge on any atom is -0.466 e. The fourth-order valence-electron chi connectivity index (χ4n) is 2.48. The van der Waals surface area contributed by atoms with Crippen molar-refractivity contribution < 1.29 is 14.6 Å². The number of nitrogens with zero attached hydrogens (tertiary/aromatic N) is 1. The van der Waals surface area contributed by atoms with Crippen LogP contribution in [-0.2, 0) is 9.53 Å². The van der Waals surface area contributed by atoms with Crippen molar-refractivity contribution in [2.75, 3.05) is 24.6 Å². The number of esters is 1. The number of aliphatic hydroxyl groups is 1. The maximum absolute atomic E-state index is 11.7. The summed E-state index contributed by atoms with van der Waals surface area (Å²) in [5.41, 5.74) is 0.823. The second-order valence-electron chi connectivity index (χ2n) is 4.94. The number of halogens is 1. The molecule has 1 fully saturated rings. The molecule has 1 heterocycles. The van der Waals surface area contributed by atoms with E-state index in [0.29, 0.717) is 12.2 Å². The number of carbonyl (C=O) groups excluding carboxylic acids is 1. The van der Waals surface area contributed by atoms with Gasteiger partial charge in [-0.25, -0.2) is 0 Å². The summed E-state index contributed by atoms with van der Waals surface area (Å²) in [7, 11) is 0. The van der Waals surface area contributed by atoms with Gasteiger partial charge in [0.2, 0.25) is 0 Å². The second kappa shape index (κ2) is 6.95. The Balaban J connectivity index is 1.91. The van der Waals surface area contributed by atoms with Gasteiger partial charge in [0.05, 0.1) is 12.5 Å². The third-order valence-corrected chi connectivity index (χ3v) is 3.90. The number of hydrogen-bond donors (Lipinski definition) is 1. The Morgan fingerprint density at radius 1 is 1.40 bits per heavy atom. The number of rotatable bonds is 4. The van der Waals surface area contributed by atoms with E-state index in [2.05, 4.69) is 4.90 Å². The van der Waals surface area contributed by atoms with Gasteiger partial charge in [0.15, 0.2) is 5.56 Å². The Morgan fingerprint density at radius 3 is 2.50 bits per heavy atom. The highest BCUT2D eigenvalue weighted by molar-refractivity contribution is 6.19. The number of benzene rings is 1. The van der Waals surface area contributed by atoms with Gasteiger partial charge in [-0.2, -0.15) is 0 Å². The van der Waals surface area contributed by atoms with E-state index in [0.717, 1.165) is 31.6 Å². The molecule has 5 heteroatoms. The summed E-state index contributed by atoms with van der Waals surface area (Å²) < 4.78 is 5.06. The predicted octanol–water partition coefficient (Wildman–Crippen LogP) is 2.70. The standard InChI is InChI=1S/C15H20ClNO3/c1-2-20-15(19)12-7-9-17(10-8-12)13-5-3-11(4-6-13)14(16)18/h3-6,12,14,18H,2,7-10H2,1H3. The average Bonchev–Trinajstić information content (AvgIpc) is 2.48. The van der Waals surface area contributed by atoms with Gasteiger partial charge in [-0.3, -0.25) is 4.79 Å². The van der Waals surface area contributed by atoms with Gasteiger partial charge in [0, 0.05) is 18.8 Å². The molecule has 2 rings (SSSR count). The Bertz CT molecular complexity index is 439. The number of alkyl halides is 1. The molecule has 0 aromatic heterocycles. The SMILES string of the molecule is CCOC(=O)C1CCN(c2ccc(C(O)Cl)cc2)CC1. The van der Waals surface area contributed by atoms with E-state index in [1.54, 1.807) is 0 Å². The Labute approximate surface area is 124 Å². The molecule has 1 atom stereocenters. The molecule has 1 aliphatic heterocycles. The Kier molecular flexibility index (Phi) is 5.26. The lowest BCUT2D eigenvalue weighted by atomic mass is 9.96. The van der Waals surface area contributed by atoms with Crippen molar-refractivity contribution in [3.05, 3.63) is 29.8 Å². The first-order valence-electron chi connectivity index (χ1n) is 6.95. The fourth-order valence-corrected chi connectivity index (χ4v) is 2.62. The quantitative estimate of drug-likeness (QED) is 0.686. The minimum absolute atomic E-state index is 0.0233. The van der Waals surface area contributed by atoms with Crippen molar-refractivity contribution in [1.82, 2.24) is 0 Å². The molecule has 0 spiro atoms. The lowest BCUT2D eigenvalue weighted by Crippen LogP contribution is -2.36. The van der Waals surface area contributed by atoms with Crippen LogP contribution in [0, 0.1) is 5.92 Å². The fraction of sp³-hybridized carbons (Fsp3) is 0.533. The topological polar surface area (TPSA) is 49.8 Å². The van der Waals surface area contributed by atoms with Crippen LogP contribution in [0.2, 0.25) is 0 Å². The molecule has 1 saturated heterocycles. The summed E-state index contributed by atoms with van der Waals surface area (Å²) in [6.45, 7) is 3.96. The van der Waals surface area contributed by atoms with Crippen LogP contribution in [0.3, 0.4) is 0 Å². The zero-order chi connectivity index (χ0) is 14.5. The minimum atomic E-state index is -0.960. The van der Waals surface area contributed by atoms with E-state index in [1.165, 1.54) is 0 Å². The molecule has 1 N–H and O–H groups in total. The molecular weight excluding hydrogens is 278 g/mol. The van der Waals surface area contributed by atoms with Crippen LogP contribution in [-0.4, -0.2) is 30.8 Å². The third kappa shape index (κ3) is 3.64. The molecule has 20 heavy (non-hydrogen) atoms. The first-order valence-corrected chi connectivity index (χ1v) is 7.39. The molecule has 0 amide bonds. The van der Waals surface area contributed by atoms with Crippen LogP contribution in [0.1, 0.15) is 30.9 Å². The number of anilines is 1. The van der Waals surface area contributed by atoms with Gasteiger partial charge in [-0.05, 0) is 37.5 Å². The molecular formula is C15H20ClNO3. The molecule has 1 aliphatic rings. The largest absolute Gasteiger partial charge is 0.466 e. The Hall–Kier alpha value is -1.26. The smallest absolute Gasteiger partial charge is 0.309 e. The van der Waals surface area contributed by atoms with Gasteiger partial charge in [-0.15, -0.1) is 0 Å². The highest BCUT2D eigenvalue weighted by atomic mass is 35.5. The molecule has 1 unspecified atom stereocenters. The predicted molar refractivity (Wildman–Crippen MR) is 78.8 cm³/mol. The highest BCUT2D eigenvalue weighted by Crippen LogP contribution is 2.26. The molecule has 1 aromatic carbocycles. The molecule has 110 valence electrons. The van der Waals surface area contributed by atoms with E-state index in [1.807, 2.05) is 31.2 Å². The van der Waals surface area contributed by atoms with E-state index in [9.17, 15) is 9.90 Å². The van der Waals surface area contributed by atoms with Crippen molar-refractivity contribution in [1.29, 1.82) is 0 Å². The van der Waals surface area contributed by atoms with Crippen molar-refractivity contribution >= 4 is 23.3 Å². The van der Waals surface area contributed by atoms with Crippen molar-refractivity contribution in [3.8, 4) is 0 Å². The summed E-state index contributed by atoms with van der Waals surface area (Å²) in [5.74, 6) is -0.0529. The van der Waals surface area contributed by atoms with Gasteiger partial charge in [0.25, 0.3) is 0 Å². The summed E-state index contributed by atoms with van der Waals surface area (Å²) >= 11 is 5.62. The van der Waals surface area contributed by atoms with E-state index in [4.69, 9.17) is 16.3 Å². The van der Waals surface area contributed by atoms with Crippen LogP contribution < -0.4 is 4.90 Å². The molecule has 0 radical (unpaired) electrons. The zero-order valence-corrected chi connectivity index (χ0v) is 12.3. The number of hydrogen-bond acceptors (Lipinski definition) is 4. The van der Waals surface area contributed by atoms with Crippen LogP contribution in [0.4, 0.5) is 5.69 Å². The summed E-state index contributed by atoms with van der Waals surface area (Å²) in [6, 6.07) is 7.55. The van der Waals surface area contributed by atoms with Crippen LogP contribution in [0.15, 0.2) is 24.3 Å². The van der Waals surface area contributed by atoms with E-state index in [-0.39, 0.29) is 11.9 Å². The van der Waals surface area contributed by atoms with Crippen LogP contribution in [0.5, 0.6) is 0 Å². The summed E-state index contributed by atoms with van der Waals surface area (Å²) in [5, 5.41) is 9.27. The average molecular weight is 298 g/mol. The molecule has 0 aliphatic carbocycles. The van der Waals surface area contributed by atoms with Crippen LogP contribution >= 0.6 is 11.6 Å².